The fourth-order valence-corrected chi connectivity index (χ4v) is 2.43. The average Bonchev–Trinajstić information content (AvgIpc) is 2.61. The van der Waals surface area contributed by atoms with Gasteiger partial charge in [-0.2, -0.15) is 0 Å². The summed E-state index contributed by atoms with van der Waals surface area (Å²) in [5, 5.41) is 5.83. The Bertz CT molecular complexity index is 676. The lowest BCUT2D eigenvalue weighted by atomic mass is 10.1. The van der Waals surface area contributed by atoms with Gasteiger partial charge >= 0.3 is 6.03 Å². The van der Waals surface area contributed by atoms with Crippen LogP contribution in [0.3, 0.4) is 0 Å². The number of benzene rings is 1. The predicted octanol–water partition coefficient (Wildman–Crippen LogP) is 3.22. The molecule has 2 N–H and O–H groups in total. The minimum Gasteiger partial charge on any atom is -0.497 e. The third kappa shape index (κ3) is 4.38. The molecule has 0 fully saturated rings. The number of hydrogen-bond acceptors (Lipinski definition) is 4. The standard InChI is InChI=1S/C18H23N3O3/c1-12(14-7-9-19-10-8-14)20-18(22)21-13(2)16-11-15(23-3)5-6-17(16)24-4/h5-13H,1-4H3,(H2,20,21,22). The van der Waals surface area contributed by atoms with Crippen LogP contribution in [0.5, 0.6) is 11.5 Å². The Morgan fingerprint density at radius 3 is 2.29 bits per heavy atom. The molecule has 0 aliphatic carbocycles. The van der Waals surface area contributed by atoms with E-state index in [1.54, 1.807) is 26.6 Å². The van der Waals surface area contributed by atoms with E-state index in [4.69, 9.17) is 9.47 Å². The lowest BCUT2D eigenvalue weighted by molar-refractivity contribution is 0.234. The second-order valence-corrected chi connectivity index (χ2v) is 5.45. The largest absolute Gasteiger partial charge is 0.497 e. The SMILES string of the molecule is COc1ccc(OC)c(C(C)NC(=O)NC(C)c2ccncc2)c1. The highest BCUT2D eigenvalue weighted by atomic mass is 16.5. The first-order chi connectivity index (χ1) is 11.5. The van der Waals surface area contributed by atoms with Crippen molar-refractivity contribution < 1.29 is 14.3 Å². The molecule has 2 aromatic rings. The second kappa shape index (κ2) is 8.19. The van der Waals surface area contributed by atoms with Crippen LogP contribution < -0.4 is 20.1 Å². The summed E-state index contributed by atoms with van der Waals surface area (Å²) < 4.78 is 10.6. The maximum Gasteiger partial charge on any atom is 0.315 e. The predicted molar refractivity (Wildman–Crippen MR) is 92.3 cm³/mol. The van der Waals surface area contributed by atoms with Crippen LogP contribution in [-0.2, 0) is 0 Å². The van der Waals surface area contributed by atoms with E-state index in [1.807, 2.05) is 44.2 Å². The smallest absolute Gasteiger partial charge is 0.315 e. The molecule has 24 heavy (non-hydrogen) atoms. The van der Waals surface area contributed by atoms with E-state index in [-0.39, 0.29) is 18.1 Å². The van der Waals surface area contributed by atoms with Gasteiger partial charge in [-0.1, -0.05) is 0 Å². The molecule has 1 heterocycles. The molecule has 2 atom stereocenters. The highest BCUT2D eigenvalue weighted by molar-refractivity contribution is 5.75. The number of urea groups is 1. The zero-order chi connectivity index (χ0) is 17.5. The average molecular weight is 329 g/mol. The molecule has 1 aromatic heterocycles. The number of rotatable bonds is 6. The van der Waals surface area contributed by atoms with Gasteiger partial charge in [0, 0.05) is 18.0 Å². The van der Waals surface area contributed by atoms with E-state index in [0.29, 0.717) is 11.5 Å². The first kappa shape index (κ1) is 17.6. The summed E-state index contributed by atoms with van der Waals surface area (Å²) >= 11 is 0. The summed E-state index contributed by atoms with van der Waals surface area (Å²) in [4.78, 5) is 16.2. The molecular formula is C18H23N3O3. The minimum absolute atomic E-state index is 0.118. The van der Waals surface area contributed by atoms with Gasteiger partial charge in [0.25, 0.3) is 0 Å². The number of carbonyl (C=O) groups excluding carboxylic acids is 1. The van der Waals surface area contributed by atoms with E-state index in [1.165, 1.54) is 0 Å². The Morgan fingerprint density at radius 1 is 1.00 bits per heavy atom. The van der Waals surface area contributed by atoms with Crippen LogP contribution in [-0.4, -0.2) is 25.2 Å². The zero-order valence-electron chi connectivity index (χ0n) is 14.4. The number of amides is 2. The van der Waals surface area contributed by atoms with Crippen molar-refractivity contribution in [3.05, 3.63) is 53.9 Å². The highest BCUT2D eigenvalue weighted by Crippen LogP contribution is 2.29. The van der Waals surface area contributed by atoms with Crippen LogP contribution in [0.2, 0.25) is 0 Å². The number of ether oxygens (including phenoxy) is 2. The van der Waals surface area contributed by atoms with Gasteiger partial charge in [0.2, 0.25) is 0 Å². The number of pyridine rings is 1. The van der Waals surface area contributed by atoms with Crippen LogP contribution in [0.1, 0.15) is 37.1 Å². The Labute approximate surface area is 142 Å². The van der Waals surface area contributed by atoms with Gasteiger partial charge in [-0.25, -0.2) is 4.79 Å². The summed E-state index contributed by atoms with van der Waals surface area (Å²) in [7, 11) is 3.20. The fourth-order valence-electron chi connectivity index (χ4n) is 2.43. The second-order valence-electron chi connectivity index (χ2n) is 5.45. The third-order valence-corrected chi connectivity index (χ3v) is 3.80. The maximum atomic E-state index is 12.3. The number of carbonyl (C=O) groups is 1. The van der Waals surface area contributed by atoms with Crippen molar-refractivity contribution in [2.45, 2.75) is 25.9 Å². The van der Waals surface area contributed by atoms with E-state index >= 15 is 0 Å². The number of methoxy groups -OCH3 is 2. The molecule has 0 saturated carbocycles. The lowest BCUT2D eigenvalue weighted by Gasteiger charge is -2.20. The molecule has 0 aliphatic heterocycles. The molecule has 6 heteroatoms. The summed E-state index contributed by atoms with van der Waals surface area (Å²) in [5.41, 5.74) is 1.84. The topological polar surface area (TPSA) is 72.5 Å². The van der Waals surface area contributed by atoms with Gasteiger partial charge in [0.1, 0.15) is 11.5 Å². The zero-order valence-corrected chi connectivity index (χ0v) is 14.4. The van der Waals surface area contributed by atoms with Crippen molar-refractivity contribution in [3.8, 4) is 11.5 Å². The molecular weight excluding hydrogens is 306 g/mol. The van der Waals surface area contributed by atoms with Crippen molar-refractivity contribution in [1.82, 2.24) is 15.6 Å². The summed E-state index contributed by atoms with van der Waals surface area (Å²) in [5.74, 6) is 1.41. The van der Waals surface area contributed by atoms with E-state index < -0.39 is 0 Å². The monoisotopic (exact) mass is 329 g/mol. The molecule has 0 saturated heterocycles. The minimum atomic E-state index is -0.253. The van der Waals surface area contributed by atoms with Crippen LogP contribution in [0, 0.1) is 0 Å². The van der Waals surface area contributed by atoms with Crippen LogP contribution in [0.25, 0.3) is 0 Å². The normalized spacial score (nSPS) is 12.8. The molecule has 2 unspecified atom stereocenters. The highest BCUT2D eigenvalue weighted by Gasteiger charge is 2.16. The van der Waals surface area contributed by atoms with E-state index in [2.05, 4.69) is 15.6 Å². The first-order valence-electron chi connectivity index (χ1n) is 7.74. The van der Waals surface area contributed by atoms with E-state index in [0.717, 1.165) is 11.1 Å². The quantitative estimate of drug-likeness (QED) is 0.853. The summed E-state index contributed by atoms with van der Waals surface area (Å²) in [6.45, 7) is 3.82. The van der Waals surface area contributed by atoms with Crippen LogP contribution >= 0.6 is 0 Å². The van der Waals surface area contributed by atoms with Gasteiger partial charge in [0.05, 0.1) is 26.3 Å². The van der Waals surface area contributed by atoms with Crippen molar-refractivity contribution in [2.24, 2.45) is 0 Å². The van der Waals surface area contributed by atoms with Crippen molar-refractivity contribution in [3.63, 3.8) is 0 Å². The first-order valence-corrected chi connectivity index (χ1v) is 7.74. The Kier molecular flexibility index (Phi) is 6.01. The Balaban J connectivity index is 2.03. The van der Waals surface area contributed by atoms with Crippen LogP contribution in [0.15, 0.2) is 42.7 Å². The fraction of sp³-hybridized carbons (Fsp3) is 0.333. The van der Waals surface area contributed by atoms with Crippen molar-refractivity contribution in [1.29, 1.82) is 0 Å². The van der Waals surface area contributed by atoms with Gasteiger partial charge in [-0.05, 0) is 49.7 Å². The third-order valence-electron chi connectivity index (χ3n) is 3.80. The molecule has 2 amide bonds. The number of nitrogens with one attached hydrogen (secondary N) is 2. The Morgan fingerprint density at radius 2 is 1.67 bits per heavy atom. The number of aromatic nitrogens is 1. The van der Waals surface area contributed by atoms with Gasteiger partial charge in [-0.3, -0.25) is 4.98 Å². The van der Waals surface area contributed by atoms with Crippen molar-refractivity contribution >= 4 is 6.03 Å². The van der Waals surface area contributed by atoms with Gasteiger partial charge in [-0.15, -0.1) is 0 Å². The molecule has 2 rings (SSSR count). The molecule has 0 aliphatic rings. The van der Waals surface area contributed by atoms with Crippen molar-refractivity contribution in [2.75, 3.05) is 14.2 Å². The molecule has 128 valence electrons. The maximum absolute atomic E-state index is 12.3. The summed E-state index contributed by atoms with van der Waals surface area (Å²) in [6, 6.07) is 8.64. The summed E-state index contributed by atoms with van der Waals surface area (Å²) in [6.07, 6.45) is 3.41. The molecule has 0 radical (unpaired) electrons. The van der Waals surface area contributed by atoms with E-state index in [9.17, 15) is 4.79 Å². The van der Waals surface area contributed by atoms with Gasteiger partial charge in [0.15, 0.2) is 0 Å². The Hall–Kier alpha value is -2.76. The molecule has 1 aromatic carbocycles. The molecule has 6 nitrogen and oxygen atoms in total. The number of hydrogen-bond donors (Lipinski definition) is 2. The molecule has 0 bridgehead atoms. The number of nitrogens with zero attached hydrogens (tertiary/aromatic N) is 1. The van der Waals surface area contributed by atoms with Crippen LogP contribution in [0.4, 0.5) is 4.79 Å². The molecule has 0 spiro atoms. The van der Waals surface area contributed by atoms with Gasteiger partial charge < -0.3 is 20.1 Å². The lowest BCUT2D eigenvalue weighted by Crippen LogP contribution is -2.38.